The number of hydrogen-bond donors (Lipinski definition) is 1. The number of likely N-dealkylation sites (N-methyl/N-ethyl adjacent to an activating group) is 1. The second kappa shape index (κ2) is 5.24. The Hall–Kier alpha value is -1.14. The Morgan fingerprint density at radius 1 is 1.61 bits per heavy atom. The summed E-state index contributed by atoms with van der Waals surface area (Å²) in [6, 6.07) is 0. The fraction of sp³-hybridized carbons (Fsp3) is 0.667. The molecule has 1 N–H and O–H groups in total. The number of thiazole rings is 1. The summed E-state index contributed by atoms with van der Waals surface area (Å²) in [6.45, 7) is 2.60. The second-order valence-electron chi connectivity index (χ2n) is 4.99. The third-order valence-electron chi connectivity index (χ3n) is 3.44. The van der Waals surface area contributed by atoms with Crippen molar-refractivity contribution < 1.29 is 9.90 Å². The third-order valence-corrected chi connectivity index (χ3v) is 4.32. The van der Waals surface area contributed by atoms with Gasteiger partial charge in [0.1, 0.15) is 6.54 Å². The van der Waals surface area contributed by atoms with Crippen molar-refractivity contribution in [3.8, 4) is 0 Å². The summed E-state index contributed by atoms with van der Waals surface area (Å²) in [4.78, 5) is 25.1. The van der Waals surface area contributed by atoms with Gasteiger partial charge in [0.15, 0.2) is 0 Å². The maximum absolute atomic E-state index is 12.0. The molecule has 1 aliphatic carbocycles. The highest BCUT2D eigenvalue weighted by Gasteiger charge is 2.29. The summed E-state index contributed by atoms with van der Waals surface area (Å²) in [5, 5.41) is 11.0. The predicted octanol–water partition coefficient (Wildman–Crippen LogP) is 0.448. The van der Waals surface area contributed by atoms with Crippen molar-refractivity contribution in [2.45, 2.75) is 32.4 Å². The van der Waals surface area contributed by atoms with Gasteiger partial charge in [-0.2, -0.15) is 0 Å². The van der Waals surface area contributed by atoms with E-state index < -0.39 is 0 Å². The Labute approximate surface area is 110 Å². The summed E-state index contributed by atoms with van der Waals surface area (Å²) < 4.78 is 1.50. The molecule has 1 amide bonds. The molecule has 1 aromatic heterocycles. The molecule has 0 spiro atoms. The molecule has 0 radical (unpaired) electrons. The molecule has 0 saturated heterocycles. The molecule has 100 valence electrons. The fourth-order valence-corrected chi connectivity index (χ4v) is 2.93. The third kappa shape index (κ3) is 2.81. The van der Waals surface area contributed by atoms with Gasteiger partial charge in [0.2, 0.25) is 5.91 Å². The van der Waals surface area contributed by atoms with Crippen molar-refractivity contribution in [1.29, 1.82) is 0 Å². The molecular formula is C12H18N2O3S. The number of carbonyl (C=O) groups excluding carboxylic acids is 1. The lowest BCUT2D eigenvalue weighted by molar-refractivity contribution is -0.132. The number of hydrogen-bond acceptors (Lipinski definition) is 4. The molecule has 5 nitrogen and oxygen atoms in total. The molecule has 0 atom stereocenters. The fourth-order valence-electron chi connectivity index (χ4n) is 2.19. The van der Waals surface area contributed by atoms with E-state index in [1.54, 1.807) is 17.3 Å². The van der Waals surface area contributed by atoms with Crippen molar-refractivity contribution in [1.82, 2.24) is 9.47 Å². The number of aryl methyl sites for hydroxylation is 1. The number of rotatable bonds is 4. The van der Waals surface area contributed by atoms with Crippen molar-refractivity contribution in [2.75, 3.05) is 13.6 Å². The van der Waals surface area contributed by atoms with E-state index in [9.17, 15) is 14.7 Å². The Morgan fingerprint density at radius 2 is 2.28 bits per heavy atom. The van der Waals surface area contributed by atoms with E-state index >= 15 is 0 Å². The van der Waals surface area contributed by atoms with E-state index in [0.717, 1.165) is 29.9 Å². The van der Waals surface area contributed by atoms with E-state index in [-0.39, 0.29) is 23.4 Å². The van der Waals surface area contributed by atoms with Gasteiger partial charge in [0, 0.05) is 24.7 Å². The molecule has 1 aliphatic rings. The van der Waals surface area contributed by atoms with Crippen LogP contribution in [-0.2, 0) is 11.3 Å². The average molecular weight is 270 g/mol. The summed E-state index contributed by atoms with van der Waals surface area (Å²) in [7, 11) is 1.75. The quantitative estimate of drug-likeness (QED) is 0.864. The maximum Gasteiger partial charge on any atom is 0.307 e. The minimum absolute atomic E-state index is 0.0556. The van der Waals surface area contributed by atoms with Crippen LogP contribution in [-0.4, -0.2) is 40.2 Å². The molecule has 0 aliphatic heterocycles. The Bertz CT molecular complexity index is 488. The van der Waals surface area contributed by atoms with Crippen molar-refractivity contribution in [3.05, 3.63) is 20.7 Å². The van der Waals surface area contributed by atoms with Crippen molar-refractivity contribution >= 4 is 17.2 Å². The van der Waals surface area contributed by atoms with Gasteiger partial charge in [-0.3, -0.25) is 14.2 Å². The van der Waals surface area contributed by atoms with Crippen LogP contribution in [0, 0.1) is 12.8 Å². The molecule has 1 aromatic rings. The second-order valence-corrected chi connectivity index (χ2v) is 5.82. The normalized spacial score (nSPS) is 22.6. The zero-order valence-corrected chi connectivity index (χ0v) is 11.4. The van der Waals surface area contributed by atoms with E-state index in [4.69, 9.17) is 0 Å². The van der Waals surface area contributed by atoms with Crippen LogP contribution in [0.15, 0.2) is 10.2 Å². The van der Waals surface area contributed by atoms with Gasteiger partial charge in [-0.1, -0.05) is 11.3 Å². The monoisotopic (exact) mass is 270 g/mol. The largest absolute Gasteiger partial charge is 0.393 e. The summed E-state index contributed by atoms with van der Waals surface area (Å²) in [5.74, 6) is 0.342. The Morgan fingerprint density at radius 3 is 2.78 bits per heavy atom. The Kier molecular flexibility index (Phi) is 3.87. The summed E-state index contributed by atoms with van der Waals surface area (Å²) >= 11 is 1.12. The molecule has 0 aromatic carbocycles. The first-order valence-electron chi connectivity index (χ1n) is 6.04. The molecule has 6 heteroatoms. The molecule has 18 heavy (non-hydrogen) atoms. The highest BCUT2D eigenvalue weighted by molar-refractivity contribution is 7.07. The van der Waals surface area contributed by atoms with E-state index in [1.807, 2.05) is 6.92 Å². The molecule has 2 rings (SSSR count). The molecule has 0 bridgehead atoms. The number of amides is 1. The lowest BCUT2D eigenvalue weighted by Crippen LogP contribution is -2.41. The van der Waals surface area contributed by atoms with Crippen LogP contribution >= 0.6 is 11.3 Å². The minimum Gasteiger partial charge on any atom is -0.393 e. The van der Waals surface area contributed by atoms with Crippen LogP contribution in [0.25, 0.3) is 0 Å². The van der Waals surface area contributed by atoms with Crippen LogP contribution in [0.2, 0.25) is 0 Å². The van der Waals surface area contributed by atoms with Gasteiger partial charge >= 0.3 is 4.87 Å². The van der Waals surface area contributed by atoms with Crippen LogP contribution in [0.1, 0.15) is 18.5 Å². The van der Waals surface area contributed by atoms with E-state index in [1.165, 1.54) is 4.57 Å². The summed E-state index contributed by atoms with van der Waals surface area (Å²) in [6.07, 6.45) is 1.35. The smallest absolute Gasteiger partial charge is 0.307 e. The van der Waals surface area contributed by atoms with Gasteiger partial charge in [-0.15, -0.1) is 0 Å². The van der Waals surface area contributed by atoms with Crippen LogP contribution < -0.4 is 4.87 Å². The average Bonchev–Trinajstić information content (AvgIpc) is 2.58. The molecule has 0 unspecified atom stereocenters. The SMILES string of the molecule is Cc1csc(=O)n1CC(=O)N(C)CC1CC(O)C1. The van der Waals surface area contributed by atoms with Crippen LogP contribution in [0.3, 0.4) is 0 Å². The first-order valence-corrected chi connectivity index (χ1v) is 6.92. The lowest BCUT2D eigenvalue weighted by atomic mass is 9.82. The number of carbonyl (C=O) groups is 1. The minimum atomic E-state index is -0.194. The van der Waals surface area contributed by atoms with Crippen LogP contribution in [0.4, 0.5) is 0 Å². The standard InChI is InChI=1S/C12H18N2O3S/c1-8-7-18-12(17)14(8)6-11(16)13(2)5-9-3-10(15)4-9/h7,9-10,15H,3-6H2,1-2H3. The topological polar surface area (TPSA) is 62.5 Å². The zero-order valence-electron chi connectivity index (χ0n) is 10.6. The maximum atomic E-state index is 12.0. The van der Waals surface area contributed by atoms with E-state index in [0.29, 0.717) is 12.5 Å². The lowest BCUT2D eigenvalue weighted by Gasteiger charge is -2.34. The van der Waals surface area contributed by atoms with Gasteiger partial charge < -0.3 is 10.0 Å². The highest BCUT2D eigenvalue weighted by Crippen LogP contribution is 2.27. The van der Waals surface area contributed by atoms with Gasteiger partial charge in [0.25, 0.3) is 0 Å². The first-order chi connectivity index (χ1) is 8.47. The molecular weight excluding hydrogens is 252 g/mol. The highest BCUT2D eigenvalue weighted by atomic mass is 32.1. The number of aliphatic hydroxyl groups is 1. The Balaban J connectivity index is 1.89. The first kappa shape index (κ1) is 13.3. The van der Waals surface area contributed by atoms with Gasteiger partial charge in [-0.05, 0) is 25.7 Å². The number of aromatic nitrogens is 1. The predicted molar refractivity (Wildman–Crippen MR) is 69.7 cm³/mol. The van der Waals surface area contributed by atoms with Crippen molar-refractivity contribution in [2.24, 2.45) is 5.92 Å². The molecule has 1 saturated carbocycles. The van der Waals surface area contributed by atoms with Gasteiger partial charge in [-0.25, -0.2) is 0 Å². The van der Waals surface area contributed by atoms with Gasteiger partial charge in [0.05, 0.1) is 6.10 Å². The number of aliphatic hydroxyl groups excluding tert-OH is 1. The summed E-state index contributed by atoms with van der Waals surface area (Å²) in [5.41, 5.74) is 0.825. The van der Waals surface area contributed by atoms with Crippen LogP contribution in [0.5, 0.6) is 0 Å². The molecule has 1 fully saturated rings. The zero-order chi connectivity index (χ0) is 13.3. The van der Waals surface area contributed by atoms with E-state index in [2.05, 4.69) is 0 Å². The molecule has 1 heterocycles. The number of nitrogens with zero attached hydrogens (tertiary/aromatic N) is 2. The van der Waals surface area contributed by atoms with Crippen molar-refractivity contribution in [3.63, 3.8) is 0 Å².